The molecule has 0 heterocycles. The molecule has 2 aromatic rings. The maximum atomic E-state index is 12.2. The number of carbonyl (C=O) groups is 2. The van der Waals surface area contributed by atoms with E-state index in [2.05, 4.69) is 5.32 Å². The molecular formula is C17H18N2O4. The van der Waals surface area contributed by atoms with E-state index in [0.29, 0.717) is 11.1 Å². The first-order chi connectivity index (χ1) is 11.0. The van der Waals surface area contributed by atoms with Crippen LogP contribution in [0, 0.1) is 0 Å². The van der Waals surface area contributed by atoms with Crippen LogP contribution in [-0.4, -0.2) is 28.1 Å². The van der Waals surface area contributed by atoms with Gasteiger partial charge in [0, 0.05) is 6.42 Å². The van der Waals surface area contributed by atoms with Gasteiger partial charge < -0.3 is 21.3 Å². The number of aliphatic carboxylic acids is 1. The number of amides is 1. The van der Waals surface area contributed by atoms with E-state index >= 15 is 0 Å². The number of hydrogen-bond donors (Lipinski definition) is 4. The number of carbonyl (C=O) groups excluding carboxylic acids is 1. The van der Waals surface area contributed by atoms with Crippen LogP contribution in [0.3, 0.4) is 0 Å². The molecule has 0 bridgehead atoms. The molecule has 0 aromatic heterocycles. The van der Waals surface area contributed by atoms with Crippen LogP contribution in [0.1, 0.15) is 17.2 Å². The van der Waals surface area contributed by atoms with E-state index in [1.54, 1.807) is 42.5 Å². The minimum Gasteiger partial charge on any atom is -0.508 e. The lowest BCUT2D eigenvalue weighted by molar-refractivity contribution is -0.142. The van der Waals surface area contributed by atoms with E-state index in [-0.39, 0.29) is 12.2 Å². The standard InChI is InChI=1S/C17H18N2O4/c18-15(12-4-2-1-3-5-12)16(21)19-14(17(22)23)10-11-6-8-13(20)9-7-11/h1-9,14-15,20H,10,18H2,(H,19,21)(H,22,23)/t14-,15-/m0/s1. The first kappa shape index (κ1) is 16.5. The molecule has 2 atom stereocenters. The lowest BCUT2D eigenvalue weighted by Crippen LogP contribution is -2.46. The summed E-state index contributed by atoms with van der Waals surface area (Å²) < 4.78 is 0. The molecule has 6 nitrogen and oxygen atoms in total. The van der Waals surface area contributed by atoms with Gasteiger partial charge in [-0.05, 0) is 23.3 Å². The van der Waals surface area contributed by atoms with Crippen LogP contribution < -0.4 is 11.1 Å². The van der Waals surface area contributed by atoms with Gasteiger partial charge in [-0.25, -0.2) is 4.79 Å². The maximum Gasteiger partial charge on any atom is 0.326 e. The summed E-state index contributed by atoms with van der Waals surface area (Å²) in [5.74, 6) is -1.61. The highest BCUT2D eigenvalue weighted by Gasteiger charge is 2.24. The lowest BCUT2D eigenvalue weighted by atomic mass is 10.0. The number of carboxylic acids is 1. The molecule has 5 N–H and O–H groups in total. The van der Waals surface area contributed by atoms with E-state index in [1.165, 1.54) is 12.1 Å². The summed E-state index contributed by atoms with van der Waals surface area (Å²) in [4.78, 5) is 23.5. The number of phenols is 1. The van der Waals surface area contributed by atoms with Crippen LogP contribution in [0.15, 0.2) is 54.6 Å². The van der Waals surface area contributed by atoms with Crippen molar-refractivity contribution in [1.82, 2.24) is 5.32 Å². The Morgan fingerprint density at radius 1 is 1.04 bits per heavy atom. The van der Waals surface area contributed by atoms with Gasteiger partial charge in [-0.3, -0.25) is 4.79 Å². The van der Waals surface area contributed by atoms with E-state index in [1.807, 2.05) is 0 Å². The number of benzene rings is 2. The fourth-order valence-electron chi connectivity index (χ4n) is 2.14. The lowest BCUT2D eigenvalue weighted by Gasteiger charge is -2.18. The Morgan fingerprint density at radius 3 is 2.22 bits per heavy atom. The van der Waals surface area contributed by atoms with Crippen molar-refractivity contribution in [2.75, 3.05) is 0 Å². The highest BCUT2D eigenvalue weighted by Crippen LogP contribution is 2.13. The van der Waals surface area contributed by atoms with Crippen molar-refractivity contribution in [2.45, 2.75) is 18.5 Å². The van der Waals surface area contributed by atoms with Crippen molar-refractivity contribution in [1.29, 1.82) is 0 Å². The zero-order chi connectivity index (χ0) is 16.8. The molecule has 0 unspecified atom stereocenters. The molecule has 0 saturated carbocycles. The number of phenolic OH excluding ortho intramolecular Hbond substituents is 1. The summed E-state index contributed by atoms with van der Waals surface area (Å²) in [5.41, 5.74) is 7.16. The van der Waals surface area contributed by atoms with Gasteiger partial charge in [0.15, 0.2) is 0 Å². The minimum absolute atomic E-state index is 0.0933. The summed E-state index contributed by atoms with van der Waals surface area (Å²) in [6.45, 7) is 0. The minimum atomic E-state index is -1.15. The number of nitrogens with one attached hydrogen (secondary N) is 1. The van der Waals surface area contributed by atoms with Crippen molar-refractivity contribution in [3.8, 4) is 5.75 Å². The van der Waals surface area contributed by atoms with Crippen molar-refractivity contribution in [3.05, 3.63) is 65.7 Å². The van der Waals surface area contributed by atoms with Gasteiger partial charge in [0.25, 0.3) is 0 Å². The Labute approximate surface area is 133 Å². The average Bonchev–Trinajstić information content (AvgIpc) is 2.56. The van der Waals surface area contributed by atoms with Crippen molar-refractivity contribution in [2.24, 2.45) is 5.73 Å². The van der Waals surface area contributed by atoms with Crippen molar-refractivity contribution in [3.63, 3.8) is 0 Å². The largest absolute Gasteiger partial charge is 0.508 e. The summed E-state index contributed by atoms with van der Waals surface area (Å²) in [6.07, 6.45) is 0.100. The predicted molar refractivity (Wildman–Crippen MR) is 84.7 cm³/mol. The molecular weight excluding hydrogens is 296 g/mol. The molecule has 0 aliphatic carbocycles. The van der Waals surface area contributed by atoms with E-state index in [4.69, 9.17) is 5.73 Å². The zero-order valence-electron chi connectivity index (χ0n) is 12.3. The second kappa shape index (κ2) is 7.42. The number of hydrogen-bond acceptors (Lipinski definition) is 4. The van der Waals surface area contributed by atoms with Crippen LogP contribution in [0.5, 0.6) is 5.75 Å². The Hall–Kier alpha value is -2.86. The first-order valence-electron chi connectivity index (χ1n) is 7.09. The van der Waals surface area contributed by atoms with E-state index < -0.39 is 24.0 Å². The third-order valence-corrected chi connectivity index (χ3v) is 3.43. The SMILES string of the molecule is N[C@H](C(=O)N[C@@H](Cc1ccc(O)cc1)C(=O)O)c1ccccc1. The van der Waals surface area contributed by atoms with Crippen LogP contribution in [0.4, 0.5) is 0 Å². The summed E-state index contributed by atoms with van der Waals surface area (Å²) >= 11 is 0. The highest BCUT2D eigenvalue weighted by atomic mass is 16.4. The van der Waals surface area contributed by atoms with Gasteiger partial charge in [0.1, 0.15) is 17.8 Å². The maximum absolute atomic E-state index is 12.2. The van der Waals surface area contributed by atoms with E-state index in [0.717, 1.165) is 0 Å². The van der Waals surface area contributed by atoms with E-state index in [9.17, 15) is 19.8 Å². The zero-order valence-corrected chi connectivity index (χ0v) is 12.3. The fraction of sp³-hybridized carbons (Fsp3) is 0.176. The van der Waals surface area contributed by atoms with Gasteiger partial charge in [-0.15, -0.1) is 0 Å². The summed E-state index contributed by atoms with van der Waals surface area (Å²) in [7, 11) is 0. The number of nitrogens with two attached hydrogens (primary N) is 1. The molecule has 2 aromatic carbocycles. The van der Waals surface area contributed by atoms with Crippen molar-refractivity contribution >= 4 is 11.9 Å². The summed E-state index contributed by atoms with van der Waals surface area (Å²) in [5, 5.41) is 21.0. The molecule has 0 saturated heterocycles. The molecule has 120 valence electrons. The quantitative estimate of drug-likeness (QED) is 0.640. The first-order valence-corrected chi connectivity index (χ1v) is 7.09. The average molecular weight is 314 g/mol. The highest BCUT2D eigenvalue weighted by molar-refractivity contribution is 5.87. The number of rotatable bonds is 6. The second-order valence-corrected chi connectivity index (χ2v) is 5.16. The molecule has 0 spiro atoms. The van der Waals surface area contributed by atoms with Crippen molar-refractivity contribution < 1.29 is 19.8 Å². The smallest absolute Gasteiger partial charge is 0.326 e. The Kier molecular flexibility index (Phi) is 5.32. The number of carboxylic acid groups (broad SMARTS) is 1. The van der Waals surface area contributed by atoms with Gasteiger partial charge in [-0.1, -0.05) is 42.5 Å². The number of aromatic hydroxyl groups is 1. The van der Waals surface area contributed by atoms with Gasteiger partial charge in [0.05, 0.1) is 0 Å². The Bertz CT molecular complexity index is 671. The second-order valence-electron chi connectivity index (χ2n) is 5.16. The normalized spacial score (nSPS) is 13.1. The Balaban J connectivity index is 2.05. The molecule has 0 fully saturated rings. The molecule has 0 radical (unpaired) electrons. The molecule has 6 heteroatoms. The molecule has 2 rings (SSSR count). The van der Waals surface area contributed by atoms with Gasteiger partial charge in [-0.2, -0.15) is 0 Å². The fourth-order valence-corrected chi connectivity index (χ4v) is 2.14. The van der Waals surface area contributed by atoms with Crippen LogP contribution in [-0.2, 0) is 16.0 Å². The predicted octanol–water partition coefficient (Wildman–Crippen LogP) is 1.20. The monoisotopic (exact) mass is 314 g/mol. The molecule has 0 aliphatic heterocycles. The van der Waals surface area contributed by atoms with Crippen LogP contribution >= 0.6 is 0 Å². The van der Waals surface area contributed by atoms with Gasteiger partial charge in [0.2, 0.25) is 5.91 Å². The summed E-state index contributed by atoms with van der Waals surface area (Å²) in [6, 6.07) is 12.8. The Morgan fingerprint density at radius 2 is 1.65 bits per heavy atom. The van der Waals surface area contributed by atoms with Gasteiger partial charge >= 0.3 is 5.97 Å². The molecule has 0 aliphatic rings. The third kappa shape index (κ3) is 4.55. The van der Waals surface area contributed by atoms with Crippen LogP contribution in [0.2, 0.25) is 0 Å². The molecule has 23 heavy (non-hydrogen) atoms. The third-order valence-electron chi connectivity index (χ3n) is 3.43. The molecule has 1 amide bonds. The van der Waals surface area contributed by atoms with Crippen LogP contribution in [0.25, 0.3) is 0 Å². The topological polar surface area (TPSA) is 113 Å².